The summed E-state index contributed by atoms with van der Waals surface area (Å²) >= 11 is 0. The van der Waals surface area contributed by atoms with Gasteiger partial charge in [0.15, 0.2) is 29.0 Å². The number of aromatic nitrogens is 1. The number of carbonyl (C=O) groups is 1. The lowest BCUT2D eigenvalue weighted by Crippen LogP contribution is -2.32. The van der Waals surface area contributed by atoms with Crippen LogP contribution in [0.25, 0.3) is 0 Å². The number of urea groups is 1. The van der Waals surface area contributed by atoms with Crippen LogP contribution >= 0.6 is 0 Å². The van der Waals surface area contributed by atoms with Crippen molar-refractivity contribution in [2.45, 2.75) is 12.0 Å². The van der Waals surface area contributed by atoms with Gasteiger partial charge >= 0.3 is 6.03 Å². The summed E-state index contributed by atoms with van der Waals surface area (Å²) < 4.78 is 65.9. The first-order valence-corrected chi connectivity index (χ1v) is 9.68. The van der Waals surface area contributed by atoms with E-state index in [4.69, 9.17) is 9.47 Å². The van der Waals surface area contributed by atoms with E-state index in [1.165, 1.54) is 24.4 Å². The van der Waals surface area contributed by atoms with Crippen LogP contribution in [-0.4, -0.2) is 23.7 Å². The van der Waals surface area contributed by atoms with Gasteiger partial charge < -0.3 is 14.8 Å². The Labute approximate surface area is 179 Å². The van der Waals surface area contributed by atoms with Crippen molar-refractivity contribution in [1.82, 2.24) is 10.3 Å². The van der Waals surface area contributed by atoms with Gasteiger partial charge in [0.2, 0.25) is 0 Å². The summed E-state index contributed by atoms with van der Waals surface area (Å²) in [5.74, 6) is -3.93. The fraction of sp³-hybridized carbons (Fsp3) is 0.182. The second-order valence-electron chi connectivity index (χ2n) is 7.43. The molecule has 3 unspecified atom stereocenters. The van der Waals surface area contributed by atoms with Crippen LogP contribution < -0.4 is 20.1 Å². The number of halogens is 4. The number of fused-ring (bicyclic) bond motifs is 3. The monoisotopic (exact) mass is 445 g/mol. The average molecular weight is 445 g/mol. The molecular weight excluding hydrogens is 430 g/mol. The van der Waals surface area contributed by atoms with Crippen molar-refractivity contribution in [3.63, 3.8) is 0 Å². The SMILES string of the molecule is O=C(Nc1ccc(Oc2c(F)cccc2F)cn1)NC1C2COc3c(F)ccc(F)c3C21. The maximum atomic E-state index is 14.2. The number of ether oxygens (including phenoxy) is 2. The van der Waals surface area contributed by atoms with Gasteiger partial charge in [-0.05, 0) is 36.4 Å². The molecule has 1 aromatic heterocycles. The molecule has 32 heavy (non-hydrogen) atoms. The number of carbonyl (C=O) groups excluding carboxylic acids is 1. The molecule has 1 aliphatic heterocycles. The van der Waals surface area contributed by atoms with Crippen molar-refractivity contribution in [3.05, 3.63) is 77.5 Å². The average Bonchev–Trinajstić information content (AvgIpc) is 3.47. The van der Waals surface area contributed by atoms with Gasteiger partial charge in [0, 0.05) is 23.4 Å². The van der Waals surface area contributed by atoms with Gasteiger partial charge in [0.05, 0.1) is 12.8 Å². The summed E-state index contributed by atoms with van der Waals surface area (Å²) in [5.41, 5.74) is 0.131. The smallest absolute Gasteiger partial charge is 0.320 e. The van der Waals surface area contributed by atoms with Crippen LogP contribution in [-0.2, 0) is 0 Å². The van der Waals surface area contributed by atoms with E-state index in [-0.39, 0.29) is 41.3 Å². The summed E-state index contributed by atoms with van der Waals surface area (Å²) in [6.07, 6.45) is 1.20. The van der Waals surface area contributed by atoms with Crippen LogP contribution in [0.5, 0.6) is 17.2 Å². The van der Waals surface area contributed by atoms with Gasteiger partial charge in [-0.2, -0.15) is 0 Å². The molecule has 5 rings (SSSR count). The normalized spacial score (nSPS) is 20.4. The number of hydrogen-bond acceptors (Lipinski definition) is 4. The number of nitrogens with one attached hydrogen (secondary N) is 2. The molecule has 6 nitrogen and oxygen atoms in total. The zero-order valence-corrected chi connectivity index (χ0v) is 16.2. The molecule has 2 aromatic carbocycles. The van der Waals surface area contributed by atoms with E-state index in [0.717, 1.165) is 24.3 Å². The van der Waals surface area contributed by atoms with E-state index in [1.54, 1.807) is 0 Å². The van der Waals surface area contributed by atoms with Gasteiger partial charge in [-0.3, -0.25) is 5.32 Å². The molecule has 164 valence electrons. The van der Waals surface area contributed by atoms with E-state index < -0.39 is 41.1 Å². The molecule has 0 bridgehead atoms. The maximum Gasteiger partial charge on any atom is 0.320 e. The standard InChI is InChI=1S/C22H15F4N3O3/c23-12-5-6-15(26)21-18(12)17-11(9-31-21)19(17)29-22(30)28-16-7-4-10(8-27-16)32-20-13(24)2-1-3-14(20)25/h1-8,11,17,19H,9H2,(H2,27,28,29,30). The number of hydrogen-bond donors (Lipinski definition) is 2. The quantitative estimate of drug-likeness (QED) is 0.570. The lowest BCUT2D eigenvalue weighted by molar-refractivity contribution is 0.247. The van der Waals surface area contributed by atoms with Crippen LogP contribution in [0.15, 0.2) is 48.7 Å². The number of benzene rings is 2. The van der Waals surface area contributed by atoms with Gasteiger partial charge in [-0.25, -0.2) is 27.3 Å². The predicted octanol–water partition coefficient (Wildman–Crippen LogP) is 4.73. The Morgan fingerprint density at radius 1 is 1.00 bits per heavy atom. The number of nitrogens with zero attached hydrogens (tertiary/aromatic N) is 1. The van der Waals surface area contributed by atoms with Crippen LogP contribution in [0.2, 0.25) is 0 Å². The van der Waals surface area contributed by atoms with Crippen molar-refractivity contribution >= 4 is 11.8 Å². The number of pyridine rings is 1. The molecule has 2 N–H and O–H groups in total. The molecule has 3 atom stereocenters. The zero-order chi connectivity index (χ0) is 22.4. The molecule has 2 amide bonds. The van der Waals surface area contributed by atoms with Crippen LogP contribution in [0.1, 0.15) is 11.5 Å². The van der Waals surface area contributed by atoms with Crippen molar-refractivity contribution in [2.24, 2.45) is 5.92 Å². The lowest BCUT2D eigenvalue weighted by Gasteiger charge is -2.16. The number of para-hydroxylation sites is 1. The Bertz CT molecular complexity index is 1190. The van der Waals surface area contributed by atoms with Crippen LogP contribution in [0, 0.1) is 29.2 Å². The minimum Gasteiger partial charge on any atom is -0.490 e. The molecule has 1 aliphatic carbocycles. The van der Waals surface area contributed by atoms with Crippen LogP contribution in [0.4, 0.5) is 28.2 Å². The second-order valence-corrected chi connectivity index (χ2v) is 7.43. The Morgan fingerprint density at radius 2 is 1.75 bits per heavy atom. The first-order valence-electron chi connectivity index (χ1n) is 9.68. The molecule has 0 radical (unpaired) electrons. The molecule has 0 spiro atoms. The fourth-order valence-corrected chi connectivity index (χ4v) is 3.87. The Kier molecular flexibility index (Phi) is 4.84. The Hall–Kier alpha value is -3.82. The van der Waals surface area contributed by atoms with Gasteiger partial charge in [-0.1, -0.05) is 6.07 Å². The maximum absolute atomic E-state index is 14.2. The lowest BCUT2D eigenvalue weighted by atomic mass is 10.0. The minimum atomic E-state index is -0.862. The number of amides is 2. The van der Waals surface area contributed by atoms with E-state index in [2.05, 4.69) is 15.6 Å². The molecule has 2 aliphatic rings. The second kappa shape index (κ2) is 7.70. The molecule has 10 heteroatoms. The first-order chi connectivity index (χ1) is 15.4. The fourth-order valence-electron chi connectivity index (χ4n) is 3.87. The van der Waals surface area contributed by atoms with Crippen molar-refractivity contribution in [1.29, 1.82) is 0 Å². The third kappa shape index (κ3) is 3.57. The highest BCUT2D eigenvalue weighted by Crippen LogP contribution is 2.55. The van der Waals surface area contributed by atoms with Gasteiger partial charge in [0.25, 0.3) is 0 Å². The van der Waals surface area contributed by atoms with Gasteiger partial charge in [-0.15, -0.1) is 0 Å². The highest BCUT2D eigenvalue weighted by molar-refractivity contribution is 5.89. The third-order valence-corrected chi connectivity index (χ3v) is 5.43. The largest absolute Gasteiger partial charge is 0.490 e. The molecule has 0 saturated heterocycles. The zero-order valence-electron chi connectivity index (χ0n) is 16.2. The molecule has 2 heterocycles. The highest BCUT2D eigenvalue weighted by Gasteiger charge is 2.57. The summed E-state index contributed by atoms with van der Waals surface area (Å²) in [6.45, 7) is 0.167. The predicted molar refractivity (Wildman–Crippen MR) is 105 cm³/mol. The topological polar surface area (TPSA) is 72.5 Å². The third-order valence-electron chi connectivity index (χ3n) is 5.43. The van der Waals surface area contributed by atoms with Crippen LogP contribution in [0.3, 0.4) is 0 Å². The molecular formula is C22H15F4N3O3. The van der Waals surface area contributed by atoms with Crippen molar-refractivity contribution in [3.8, 4) is 17.2 Å². The summed E-state index contributed by atoms with van der Waals surface area (Å²) in [7, 11) is 0. The first kappa shape index (κ1) is 20.1. The Morgan fingerprint density at radius 3 is 2.47 bits per heavy atom. The molecule has 1 fully saturated rings. The number of anilines is 1. The van der Waals surface area contributed by atoms with E-state index in [9.17, 15) is 22.4 Å². The van der Waals surface area contributed by atoms with E-state index in [0.29, 0.717) is 0 Å². The van der Waals surface area contributed by atoms with Crippen molar-refractivity contribution < 1.29 is 31.8 Å². The van der Waals surface area contributed by atoms with Crippen molar-refractivity contribution in [2.75, 3.05) is 11.9 Å². The summed E-state index contributed by atoms with van der Waals surface area (Å²) in [5, 5.41) is 5.23. The van der Waals surface area contributed by atoms with E-state index >= 15 is 0 Å². The van der Waals surface area contributed by atoms with Gasteiger partial charge in [0.1, 0.15) is 17.4 Å². The highest BCUT2D eigenvalue weighted by atomic mass is 19.1. The Balaban J connectivity index is 1.22. The number of rotatable bonds is 4. The molecule has 3 aromatic rings. The minimum absolute atomic E-state index is 0.0689. The summed E-state index contributed by atoms with van der Waals surface area (Å²) in [4.78, 5) is 16.3. The molecule has 1 saturated carbocycles. The van der Waals surface area contributed by atoms with E-state index in [1.807, 2.05) is 0 Å². The summed E-state index contributed by atoms with van der Waals surface area (Å²) in [6, 6.07) is 7.14.